The lowest BCUT2D eigenvalue weighted by Gasteiger charge is -2.37. The second kappa shape index (κ2) is 9.91. The fraction of sp³-hybridized carbons (Fsp3) is 0.500. The maximum Gasteiger partial charge on any atom is 0.265 e. The minimum absolute atomic E-state index is 0.0148. The van der Waals surface area contributed by atoms with Crippen LogP contribution in [0, 0.1) is 13.8 Å². The van der Waals surface area contributed by atoms with Crippen LogP contribution in [0.25, 0.3) is 11.0 Å². The van der Waals surface area contributed by atoms with Gasteiger partial charge in [-0.15, -0.1) is 0 Å². The number of ether oxygens (including phenoxy) is 1. The van der Waals surface area contributed by atoms with Gasteiger partial charge in [0.2, 0.25) is 5.91 Å². The maximum atomic E-state index is 13.6. The van der Waals surface area contributed by atoms with E-state index in [4.69, 9.17) is 9.72 Å². The number of pyridine rings is 1. The van der Waals surface area contributed by atoms with Gasteiger partial charge in [0.1, 0.15) is 5.75 Å². The molecule has 3 aromatic rings. The van der Waals surface area contributed by atoms with E-state index in [0.29, 0.717) is 18.6 Å². The first-order chi connectivity index (χ1) is 17.3. The predicted molar refractivity (Wildman–Crippen MR) is 139 cm³/mol. The van der Waals surface area contributed by atoms with E-state index in [0.717, 1.165) is 65.9 Å². The summed E-state index contributed by atoms with van der Waals surface area (Å²) >= 11 is 0. The Morgan fingerprint density at radius 2 is 1.86 bits per heavy atom. The van der Waals surface area contributed by atoms with Crippen LogP contribution in [-0.4, -0.2) is 57.2 Å². The lowest BCUT2D eigenvalue weighted by atomic mass is 9.99. The van der Waals surface area contributed by atoms with Crippen molar-refractivity contribution in [3.8, 4) is 5.75 Å². The summed E-state index contributed by atoms with van der Waals surface area (Å²) in [7, 11) is 0. The Hall–Kier alpha value is -3.42. The third-order valence-corrected chi connectivity index (χ3v) is 7.43. The molecule has 1 atom stereocenters. The van der Waals surface area contributed by atoms with Crippen molar-refractivity contribution in [2.75, 3.05) is 24.5 Å². The largest absolute Gasteiger partial charge is 0.476 e. The van der Waals surface area contributed by atoms with Gasteiger partial charge >= 0.3 is 0 Å². The average Bonchev–Trinajstić information content (AvgIpc) is 3.32. The van der Waals surface area contributed by atoms with Crippen LogP contribution in [0.2, 0.25) is 0 Å². The topological polar surface area (TPSA) is 80.6 Å². The molecule has 2 aliphatic heterocycles. The van der Waals surface area contributed by atoms with E-state index < -0.39 is 6.10 Å². The van der Waals surface area contributed by atoms with Gasteiger partial charge in [0.05, 0.1) is 18.4 Å². The number of aryl methyl sites for hydroxylation is 2. The number of likely N-dealkylation sites (tertiary alicyclic amines) is 1. The lowest BCUT2D eigenvalue weighted by molar-refractivity contribution is -0.139. The van der Waals surface area contributed by atoms with E-state index >= 15 is 0 Å². The van der Waals surface area contributed by atoms with Crippen molar-refractivity contribution in [2.45, 2.75) is 71.9 Å². The number of benzene rings is 1. The number of fused-ring (bicyclic) bond motifs is 2. The van der Waals surface area contributed by atoms with Crippen LogP contribution in [0.5, 0.6) is 5.75 Å². The van der Waals surface area contributed by atoms with Crippen molar-refractivity contribution in [1.29, 1.82) is 0 Å². The predicted octanol–water partition coefficient (Wildman–Crippen LogP) is 4.37. The molecular weight excluding hydrogens is 454 g/mol. The number of anilines is 1. The molecule has 0 bridgehead atoms. The van der Waals surface area contributed by atoms with Crippen molar-refractivity contribution in [3.63, 3.8) is 0 Å². The van der Waals surface area contributed by atoms with Crippen LogP contribution in [0.3, 0.4) is 0 Å². The molecule has 36 heavy (non-hydrogen) atoms. The quantitative estimate of drug-likeness (QED) is 0.532. The number of nitrogens with zero attached hydrogens (tertiary/aromatic N) is 5. The molecule has 8 nitrogen and oxygen atoms in total. The molecule has 1 unspecified atom stereocenters. The number of carbonyl (C=O) groups is 2. The fourth-order valence-corrected chi connectivity index (χ4v) is 5.42. The zero-order valence-electron chi connectivity index (χ0n) is 21.7. The molecule has 5 rings (SSSR count). The first-order valence-corrected chi connectivity index (χ1v) is 13.0. The van der Waals surface area contributed by atoms with Crippen LogP contribution in [-0.2, 0) is 16.0 Å². The third-order valence-electron chi connectivity index (χ3n) is 7.43. The number of aromatic nitrogens is 3. The van der Waals surface area contributed by atoms with Crippen LogP contribution < -0.4 is 9.64 Å². The van der Waals surface area contributed by atoms with Gasteiger partial charge in [-0.1, -0.05) is 12.1 Å². The molecule has 8 heteroatoms. The summed E-state index contributed by atoms with van der Waals surface area (Å²) in [5.74, 6) is 0.550. The molecule has 190 valence electrons. The minimum atomic E-state index is -0.676. The molecule has 0 aliphatic carbocycles. The average molecular weight is 490 g/mol. The van der Waals surface area contributed by atoms with Crippen LogP contribution in [0.1, 0.15) is 62.4 Å². The molecule has 0 spiro atoms. The van der Waals surface area contributed by atoms with E-state index in [9.17, 15) is 9.59 Å². The Balaban J connectivity index is 1.36. The zero-order chi connectivity index (χ0) is 25.4. The second-order valence-electron chi connectivity index (χ2n) is 10.2. The Morgan fingerprint density at radius 3 is 2.61 bits per heavy atom. The van der Waals surface area contributed by atoms with Crippen LogP contribution >= 0.6 is 0 Å². The van der Waals surface area contributed by atoms with Crippen LogP contribution in [0.4, 0.5) is 5.69 Å². The fourth-order valence-electron chi connectivity index (χ4n) is 5.42. The van der Waals surface area contributed by atoms with E-state index in [-0.39, 0.29) is 24.4 Å². The van der Waals surface area contributed by atoms with E-state index in [2.05, 4.69) is 25.9 Å². The molecule has 2 amide bonds. The number of piperidine rings is 1. The van der Waals surface area contributed by atoms with Crippen molar-refractivity contribution >= 4 is 28.5 Å². The van der Waals surface area contributed by atoms with Crippen LogP contribution in [0.15, 0.2) is 30.5 Å². The molecule has 4 heterocycles. The van der Waals surface area contributed by atoms with Gasteiger partial charge in [-0.05, 0) is 76.6 Å². The standard InChI is InChI=1S/C28H35N5O3/c1-18(2)33-27-22(16-29-33)19(3)21(20(4)30-27)12-13-26(34)32-17-25(28(35)31-14-8-5-9-15-31)36-24-11-7-6-10-23(24)32/h6-7,10-11,16,18,25H,5,8-9,12-15,17H2,1-4H3. The van der Waals surface area contributed by atoms with Gasteiger partial charge in [-0.3, -0.25) is 9.59 Å². The highest BCUT2D eigenvalue weighted by Crippen LogP contribution is 2.34. The third kappa shape index (κ3) is 4.45. The number of rotatable bonds is 5. The van der Waals surface area contributed by atoms with E-state index in [1.54, 1.807) is 4.90 Å². The summed E-state index contributed by atoms with van der Waals surface area (Å²) in [6, 6.07) is 7.72. The Bertz CT molecular complexity index is 1290. The lowest BCUT2D eigenvalue weighted by Crippen LogP contribution is -2.52. The van der Waals surface area contributed by atoms with Crippen molar-refractivity contribution in [3.05, 3.63) is 47.3 Å². The summed E-state index contributed by atoms with van der Waals surface area (Å²) in [6.07, 6.45) is 5.29. The highest BCUT2D eigenvalue weighted by molar-refractivity contribution is 5.97. The number of para-hydroxylation sites is 2. The maximum absolute atomic E-state index is 13.6. The second-order valence-corrected chi connectivity index (χ2v) is 10.2. The van der Waals surface area contributed by atoms with Gasteiger partial charge in [-0.25, -0.2) is 9.67 Å². The van der Waals surface area contributed by atoms with Crippen molar-refractivity contribution in [2.24, 2.45) is 0 Å². The number of hydrogen-bond acceptors (Lipinski definition) is 5. The highest BCUT2D eigenvalue weighted by Gasteiger charge is 2.36. The number of carbonyl (C=O) groups excluding carboxylic acids is 2. The summed E-state index contributed by atoms with van der Waals surface area (Å²) < 4.78 is 8.03. The van der Waals surface area contributed by atoms with Crippen molar-refractivity contribution < 1.29 is 14.3 Å². The molecule has 1 saturated heterocycles. The first-order valence-electron chi connectivity index (χ1n) is 13.0. The monoisotopic (exact) mass is 489 g/mol. The molecule has 0 radical (unpaired) electrons. The van der Waals surface area contributed by atoms with Gasteiger partial charge in [0.25, 0.3) is 5.91 Å². The highest BCUT2D eigenvalue weighted by atomic mass is 16.5. The summed E-state index contributed by atoms with van der Waals surface area (Å²) in [5.41, 5.74) is 4.75. The molecule has 1 aromatic carbocycles. The summed E-state index contributed by atoms with van der Waals surface area (Å²) in [6.45, 7) is 10.0. The summed E-state index contributed by atoms with van der Waals surface area (Å²) in [4.78, 5) is 35.2. The molecule has 0 N–H and O–H groups in total. The van der Waals surface area contributed by atoms with Gasteiger partial charge in [0.15, 0.2) is 11.8 Å². The Morgan fingerprint density at radius 1 is 1.11 bits per heavy atom. The van der Waals surface area contributed by atoms with Crippen molar-refractivity contribution in [1.82, 2.24) is 19.7 Å². The number of hydrogen-bond donors (Lipinski definition) is 0. The smallest absolute Gasteiger partial charge is 0.265 e. The normalized spacial score (nSPS) is 17.9. The molecular formula is C28H35N5O3. The van der Waals surface area contributed by atoms with E-state index in [1.807, 2.05) is 47.0 Å². The van der Waals surface area contributed by atoms with E-state index in [1.165, 1.54) is 0 Å². The SMILES string of the molecule is Cc1nc2c(cnn2C(C)C)c(C)c1CCC(=O)N1CC(C(=O)N2CCCCC2)Oc2ccccc21. The Kier molecular flexibility index (Phi) is 6.69. The van der Waals surface area contributed by atoms with Gasteiger partial charge in [-0.2, -0.15) is 5.10 Å². The minimum Gasteiger partial charge on any atom is -0.476 e. The zero-order valence-corrected chi connectivity index (χ0v) is 21.7. The summed E-state index contributed by atoms with van der Waals surface area (Å²) in [5, 5.41) is 5.55. The van der Waals surface area contributed by atoms with Gasteiger partial charge in [0, 0.05) is 36.6 Å². The number of amides is 2. The Labute approximate surface area is 212 Å². The molecule has 1 fully saturated rings. The first kappa shape index (κ1) is 24.3. The van der Waals surface area contributed by atoms with Gasteiger partial charge < -0.3 is 14.5 Å². The molecule has 2 aliphatic rings. The molecule has 0 saturated carbocycles. The molecule has 2 aromatic heterocycles.